The van der Waals surface area contributed by atoms with E-state index in [0.29, 0.717) is 12.8 Å². The number of rotatable bonds is 5. The topological polar surface area (TPSA) is 46.5 Å². The minimum absolute atomic E-state index is 0.0845. The molecule has 3 nitrogen and oxygen atoms in total. The van der Waals surface area contributed by atoms with Crippen LogP contribution in [0.15, 0.2) is 30.3 Å². The number of carbonyl (C=O) groups is 1. The van der Waals surface area contributed by atoms with Crippen molar-refractivity contribution in [2.45, 2.75) is 44.1 Å². The Bertz CT molecular complexity index is 395. The van der Waals surface area contributed by atoms with Crippen LogP contribution in [0, 0.1) is 0 Å². The summed E-state index contributed by atoms with van der Waals surface area (Å²) in [5.74, 6) is -0.744. The molecule has 0 amide bonds. The molecule has 1 aromatic carbocycles. The summed E-state index contributed by atoms with van der Waals surface area (Å²) in [5, 5.41) is 9.68. The molecule has 1 aliphatic rings. The van der Waals surface area contributed by atoms with Crippen molar-refractivity contribution in [3.63, 3.8) is 0 Å². The number of carboxylic acids is 1. The second-order valence-corrected chi connectivity index (χ2v) is 4.95. The van der Waals surface area contributed by atoms with Crippen LogP contribution in [0.3, 0.4) is 0 Å². The Hall–Kier alpha value is -1.35. The molecule has 0 aliphatic carbocycles. The quantitative estimate of drug-likeness (QED) is 0.871. The fraction of sp³-hybridized carbons (Fsp3) is 0.533. The van der Waals surface area contributed by atoms with Crippen molar-refractivity contribution < 1.29 is 14.6 Å². The second kappa shape index (κ2) is 5.53. The smallest absolute Gasteiger partial charge is 0.314 e. The van der Waals surface area contributed by atoms with E-state index >= 15 is 0 Å². The number of benzene rings is 1. The first-order valence-corrected chi connectivity index (χ1v) is 6.59. The van der Waals surface area contributed by atoms with Gasteiger partial charge < -0.3 is 9.84 Å². The molecule has 1 aliphatic heterocycles. The van der Waals surface area contributed by atoms with Crippen molar-refractivity contribution in [3.05, 3.63) is 35.9 Å². The summed E-state index contributed by atoms with van der Waals surface area (Å²) >= 11 is 0. The Kier molecular flexibility index (Phi) is 4.02. The third-order valence-corrected chi connectivity index (χ3v) is 3.94. The lowest BCUT2D eigenvalue weighted by molar-refractivity contribution is -0.145. The molecule has 1 N–H and O–H groups in total. The normalized spacial score (nSPS) is 22.6. The van der Waals surface area contributed by atoms with E-state index < -0.39 is 11.4 Å². The Labute approximate surface area is 108 Å². The molecule has 0 saturated carbocycles. The van der Waals surface area contributed by atoms with Crippen LogP contribution in [0.2, 0.25) is 0 Å². The van der Waals surface area contributed by atoms with Crippen LogP contribution in [0.4, 0.5) is 0 Å². The molecule has 0 bridgehead atoms. The lowest BCUT2D eigenvalue weighted by Crippen LogP contribution is -2.38. The molecule has 0 radical (unpaired) electrons. The van der Waals surface area contributed by atoms with Crippen LogP contribution in [-0.4, -0.2) is 23.8 Å². The summed E-state index contributed by atoms with van der Waals surface area (Å²) in [6, 6.07) is 9.54. The predicted molar refractivity (Wildman–Crippen MR) is 69.6 cm³/mol. The Morgan fingerprint density at radius 3 is 2.67 bits per heavy atom. The van der Waals surface area contributed by atoms with Crippen LogP contribution in [0.25, 0.3) is 0 Å². The Morgan fingerprint density at radius 1 is 1.44 bits per heavy atom. The van der Waals surface area contributed by atoms with E-state index in [4.69, 9.17) is 4.74 Å². The van der Waals surface area contributed by atoms with Gasteiger partial charge in [-0.2, -0.15) is 0 Å². The fourth-order valence-electron chi connectivity index (χ4n) is 2.78. The van der Waals surface area contributed by atoms with Crippen molar-refractivity contribution in [2.75, 3.05) is 6.61 Å². The summed E-state index contributed by atoms with van der Waals surface area (Å²) in [6.45, 7) is 2.70. The predicted octanol–water partition coefficient (Wildman–Crippen LogP) is 2.99. The molecule has 1 heterocycles. The maximum Gasteiger partial charge on any atom is 0.314 e. The highest BCUT2D eigenvalue weighted by Crippen LogP contribution is 2.36. The van der Waals surface area contributed by atoms with Crippen molar-refractivity contribution in [1.29, 1.82) is 0 Å². The van der Waals surface area contributed by atoms with E-state index in [9.17, 15) is 9.90 Å². The van der Waals surface area contributed by atoms with E-state index in [-0.39, 0.29) is 6.10 Å². The average molecular weight is 248 g/mol. The van der Waals surface area contributed by atoms with Gasteiger partial charge >= 0.3 is 5.97 Å². The minimum atomic E-state index is -0.809. The van der Waals surface area contributed by atoms with Gasteiger partial charge in [0.05, 0.1) is 11.5 Å². The number of ether oxygens (including phenoxy) is 1. The summed E-state index contributed by atoms with van der Waals surface area (Å²) < 4.78 is 5.62. The van der Waals surface area contributed by atoms with E-state index in [2.05, 4.69) is 0 Å². The third kappa shape index (κ3) is 2.41. The monoisotopic (exact) mass is 248 g/mol. The van der Waals surface area contributed by atoms with Gasteiger partial charge in [0.2, 0.25) is 0 Å². The minimum Gasteiger partial charge on any atom is -0.481 e. The van der Waals surface area contributed by atoms with Gasteiger partial charge in [0, 0.05) is 6.61 Å². The fourth-order valence-corrected chi connectivity index (χ4v) is 2.78. The van der Waals surface area contributed by atoms with Crippen LogP contribution >= 0.6 is 0 Å². The average Bonchev–Trinajstić information content (AvgIpc) is 2.89. The maximum absolute atomic E-state index is 11.8. The molecule has 0 aromatic heterocycles. The zero-order valence-electron chi connectivity index (χ0n) is 10.8. The first kappa shape index (κ1) is 13.1. The van der Waals surface area contributed by atoms with E-state index in [1.54, 1.807) is 0 Å². The molecule has 0 spiro atoms. The summed E-state index contributed by atoms with van der Waals surface area (Å²) in [5.41, 5.74) is 0.0755. The Morgan fingerprint density at radius 2 is 2.17 bits per heavy atom. The van der Waals surface area contributed by atoms with Gasteiger partial charge in [-0.3, -0.25) is 4.79 Å². The zero-order chi connectivity index (χ0) is 13.0. The van der Waals surface area contributed by atoms with E-state index in [1.165, 1.54) is 0 Å². The highest BCUT2D eigenvalue weighted by atomic mass is 16.5. The summed E-state index contributed by atoms with van der Waals surface area (Å²) in [7, 11) is 0. The van der Waals surface area contributed by atoms with Gasteiger partial charge in [-0.05, 0) is 31.2 Å². The molecule has 18 heavy (non-hydrogen) atoms. The SMILES string of the molecule is CCC(CC1CCCO1)(C(=O)O)c1ccccc1. The van der Waals surface area contributed by atoms with Gasteiger partial charge in [-0.1, -0.05) is 37.3 Å². The molecular weight excluding hydrogens is 228 g/mol. The van der Waals surface area contributed by atoms with Gasteiger partial charge in [-0.15, -0.1) is 0 Å². The Balaban J connectivity index is 2.30. The van der Waals surface area contributed by atoms with Crippen LogP contribution in [0.5, 0.6) is 0 Å². The number of aliphatic carboxylic acids is 1. The van der Waals surface area contributed by atoms with Gasteiger partial charge in [0.1, 0.15) is 0 Å². The largest absolute Gasteiger partial charge is 0.481 e. The molecule has 1 aromatic rings. The molecule has 1 fully saturated rings. The first-order chi connectivity index (χ1) is 8.69. The zero-order valence-corrected chi connectivity index (χ0v) is 10.8. The standard InChI is InChI=1S/C15H20O3/c1-2-15(14(16)17,11-13-9-6-10-18-13)12-7-4-3-5-8-12/h3-5,7-8,13H,2,6,9-11H2,1H3,(H,16,17). The van der Waals surface area contributed by atoms with Crippen LogP contribution in [-0.2, 0) is 14.9 Å². The number of carboxylic acid groups (broad SMARTS) is 1. The molecule has 3 heteroatoms. The highest BCUT2D eigenvalue weighted by Gasteiger charge is 2.41. The second-order valence-electron chi connectivity index (χ2n) is 4.95. The van der Waals surface area contributed by atoms with Gasteiger partial charge in [-0.25, -0.2) is 0 Å². The van der Waals surface area contributed by atoms with Crippen LogP contribution < -0.4 is 0 Å². The molecular formula is C15H20O3. The van der Waals surface area contributed by atoms with Gasteiger partial charge in [0.15, 0.2) is 0 Å². The first-order valence-electron chi connectivity index (χ1n) is 6.59. The van der Waals surface area contributed by atoms with Crippen LogP contribution in [0.1, 0.15) is 38.2 Å². The molecule has 2 rings (SSSR count). The van der Waals surface area contributed by atoms with Crippen molar-refractivity contribution in [2.24, 2.45) is 0 Å². The van der Waals surface area contributed by atoms with E-state index in [1.807, 2.05) is 37.3 Å². The van der Waals surface area contributed by atoms with Gasteiger partial charge in [0.25, 0.3) is 0 Å². The maximum atomic E-state index is 11.8. The molecule has 1 saturated heterocycles. The lowest BCUT2D eigenvalue weighted by Gasteiger charge is -2.31. The third-order valence-electron chi connectivity index (χ3n) is 3.94. The van der Waals surface area contributed by atoms with Crippen molar-refractivity contribution in [1.82, 2.24) is 0 Å². The summed E-state index contributed by atoms with van der Waals surface area (Å²) in [4.78, 5) is 11.8. The number of hydrogen-bond donors (Lipinski definition) is 1. The van der Waals surface area contributed by atoms with Crippen molar-refractivity contribution >= 4 is 5.97 Å². The highest BCUT2D eigenvalue weighted by molar-refractivity contribution is 5.81. The number of hydrogen-bond acceptors (Lipinski definition) is 2. The van der Waals surface area contributed by atoms with Crippen molar-refractivity contribution in [3.8, 4) is 0 Å². The summed E-state index contributed by atoms with van der Waals surface area (Å²) in [6.07, 6.45) is 3.26. The lowest BCUT2D eigenvalue weighted by atomic mass is 9.73. The molecule has 98 valence electrons. The van der Waals surface area contributed by atoms with E-state index in [0.717, 1.165) is 25.0 Å². The molecule has 2 atom stereocenters. The molecule has 2 unspecified atom stereocenters.